The van der Waals surface area contributed by atoms with Crippen LogP contribution in [0.2, 0.25) is 0 Å². The Bertz CT molecular complexity index is 121. The smallest absolute Gasteiger partial charge is 0.250 e. The van der Waals surface area contributed by atoms with Gasteiger partial charge in [-0.15, -0.1) is 0 Å². The Morgan fingerprint density at radius 3 is 2.08 bits per heavy atom. The minimum absolute atomic E-state index is 0.0611. The minimum Gasteiger partial charge on any atom is -0.395 e. The summed E-state index contributed by atoms with van der Waals surface area (Å²) in [6.07, 6.45) is -0.125. The summed E-state index contributed by atoms with van der Waals surface area (Å²) < 4.78 is 25.1. The highest BCUT2D eigenvalue weighted by atomic mass is 19.3. The second-order valence-electron chi connectivity index (χ2n) is 2.92. The van der Waals surface area contributed by atoms with Crippen molar-refractivity contribution in [1.29, 1.82) is 0 Å². The van der Waals surface area contributed by atoms with Gasteiger partial charge in [0.25, 0.3) is 5.92 Å². The molecule has 1 fully saturated rings. The number of alkyl halides is 2. The summed E-state index contributed by atoms with van der Waals surface area (Å²) in [5.41, 5.74) is 0. The van der Waals surface area contributed by atoms with Gasteiger partial charge >= 0.3 is 0 Å². The van der Waals surface area contributed by atoms with Gasteiger partial charge in [-0.1, -0.05) is 13.8 Å². The summed E-state index contributed by atoms with van der Waals surface area (Å²) in [7, 11) is 0. The standard InChI is InChI=1S/C7H13F2NO.C2H6/c8-7(9)1-3-10(4-2-7)5-6-11;1-2/h11H,1-6H2;1-2H3. The molecule has 0 spiro atoms. The Morgan fingerprint density at radius 1 is 1.23 bits per heavy atom. The number of likely N-dealkylation sites (tertiary alicyclic amines) is 1. The molecule has 1 saturated heterocycles. The van der Waals surface area contributed by atoms with E-state index >= 15 is 0 Å². The van der Waals surface area contributed by atoms with Gasteiger partial charge in [-0.3, -0.25) is 0 Å². The summed E-state index contributed by atoms with van der Waals surface area (Å²) in [4.78, 5) is 1.86. The van der Waals surface area contributed by atoms with Crippen LogP contribution in [0.25, 0.3) is 0 Å². The van der Waals surface area contributed by atoms with Crippen LogP contribution in [0.1, 0.15) is 26.7 Å². The van der Waals surface area contributed by atoms with E-state index in [9.17, 15) is 8.78 Å². The van der Waals surface area contributed by atoms with E-state index in [2.05, 4.69) is 0 Å². The zero-order valence-corrected chi connectivity index (χ0v) is 8.39. The Morgan fingerprint density at radius 2 is 1.69 bits per heavy atom. The SMILES string of the molecule is CC.OCCN1CCC(F)(F)CC1. The van der Waals surface area contributed by atoms with Gasteiger partial charge in [-0.2, -0.15) is 0 Å². The van der Waals surface area contributed by atoms with Crippen LogP contribution in [0.4, 0.5) is 8.78 Å². The van der Waals surface area contributed by atoms with Gasteiger partial charge in [-0.05, 0) is 0 Å². The summed E-state index contributed by atoms with van der Waals surface area (Å²) >= 11 is 0. The van der Waals surface area contributed by atoms with Crippen LogP contribution in [-0.4, -0.2) is 42.2 Å². The Labute approximate surface area is 78.5 Å². The maximum absolute atomic E-state index is 12.5. The van der Waals surface area contributed by atoms with Crippen molar-refractivity contribution in [2.24, 2.45) is 0 Å². The first-order valence-electron chi connectivity index (χ1n) is 4.85. The van der Waals surface area contributed by atoms with E-state index in [1.54, 1.807) is 0 Å². The number of aliphatic hydroxyl groups excluding tert-OH is 1. The lowest BCUT2D eigenvalue weighted by molar-refractivity contribution is -0.0569. The highest BCUT2D eigenvalue weighted by Crippen LogP contribution is 2.27. The van der Waals surface area contributed by atoms with Crippen molar-refractivity contribution in [2.75, 3.05) is 26.2 Å². The van der Waals surface area contributed by atoms with Crippen LogP contribution in [0, 0.1) is 0 Å². The number of β-amino-alcohol motifs (C(OH)–C–C–N with tert-alkyl or cyclic N) is 1. The van der Waals surface area contributed by atoms with E-state index in [4.69, 9.17) is 5.11 Å². The molecule has 0 saturated carbocycles. The molecule has 1 aliphatic rings. The topological polar surface area (TPSA) is 23.5 Å². The molecule has 0 atom stereocenters. The molecule has 0 radical (unpaired) electrons. The normalized spacial score (nSPS) is 21.9. The van der Waals surface area contributed by atoms with Gasteiger partial charge in [0.15, 0.2) is 0 Å². The first-order chi connectivity index (χ1) is 6.14. The molecule has 1 aliphatic heterocycles. The molecule has 0 aromatic heterocycles. The zero-order chi connectivity index (χ0) is 10.3. The van der Waals surface area contributed by atoms with Crippen molar-refractivity contribution in [1.82, 2.24) is 4.90 Å². The van der Waals surface area contributed by atoms with Gasteiger partial charge < -0.3 is 10.0 Å². The summed E-state index contributed by atoms with van der Waals surface area (Å²) in [5.74, 6) is -2.47. The van der Waals surface area contributed by atoms with Crippen LogP contribution in [0.5, 0.6) is 0 Å². The summed E-state index contributed by atoms with van der Waals surface area (Å²) in [6, 6.07) is 0. The lowest BCUT2D eigenvalue weighted by Crippen LogP contribution is -2.40. The van der Waals surface area contributed by atoms with E-state index in [-0.39, 0.29) is 19.4 Å². The van der Waals surface area contributed by atoms with Gasteiger partial charge in [0.1, 0.15) is 0 Å². The predicted octanol–water partition coefficient (Wildman–Crippen LogP) is 1.74. The second kappa shape index (κ2) is 6.27. The molecule has 0 amide bonds. The molecule has 0 aromatic rings. The number of hydrogen-bond donors (Lipinski definition) is 1. The van der Waals surface area contributed by atoms with Crippen molar-refractivity contribution in [2.45, 2.75) is 32.6 Å². The Kier molecular flexibility index (Phi) is 6.16. The maximum Gasteiger partial charge on any atom is 0.250 e. The van der Waals surface area contributed by atoms with Crippen molar-refractivity contribution in [3.05, 3.63) is 0 Å². The monoisotopic (exact) mass is 195 g/mol. The van der Waals surface area contributed by atoms with Crippen LogP contribution < -0.4 is 0 Å². The largest absolute Gasteiger partial charge is 0.395 e. The van der Waals surface area contributed by atoms with Crippen LogP contribution in [0.15, 0.2) is 0 Å². The molecular formula is C9H19F2NO. The molecular weight excluding hydrogens is 176 g/mol. The highest BCUT2D eigenvalue weighted by molar-refractivity contribution is 4.76. The van der Waals surface area contributed by atoms with E-state index < -0.39 is 5.92 Å². The third kappa shape index (κ3) is 5.16. The quantitative estimate of drug-likeness (QED) is 0.725. The minimum atomic E-state index is -2.47. The second-order valence-corrected chi connectivity index (χ2v) is 2.92. The van der Waals surface area contributed by atoms with E-state index in [1.165, 1.54) is 0 Å². The third-order valence-electron chi connectivity index (χ3n) is 2.00. The number of hydrogen-bond acceptors (Lipinski definition) is 2. The first kappa shape index (κ1) is 12.8. The average Bonchev–Trinajstić information content (AvgIpc) is 2.13. The summed E-state index contributed by atoms with van der Waals surface area (Å²) in [5, 5.41) is 8.52. The van der Waals surface area contributed by atoms with Crippen molar-refractivity contribution < 1.29 is 13.9 Å². The molecule has 1 N–H and O–H groups in total. The van der Waals surface area contributed by atoms with Crippen molar-refractivity contribution >= 4 is 0 Å². The van der Waals surface area contributed by atoms with Gasteiger partial charge in [0.05, 0.1) is 6.61 Å². The fraction of sp³-hybridized carbons (Fsp3) is 1.00. The summed E-state index contributed by atoms with van der Waals surface area (Å²) in [6.45, 7) is 5.41. The highest BCUT2D eigenvalue weighted by Gasteiger charge is 2.33. The number of halogens is 2. The molecule has 1 heterocycles. The molecule has 80 valence electrons. The number of piperidine rings is 1. The molecule has 0 unspecified atom stereocenters. The van der Waals surface area contributed by atoms with Gasteiger partial charge in [-0.25, -0.2) is 8.78 Å². The van der Waals surface area contributed by atoms with Crippen molar-refractivity contribution in [3.8, 4) is 0 Å². The fourth-order valence-corrected chi connectivity index (χ4v) is 1.25. The maximum atomic E-state index is 12.5. The molecule has 0 aliphatic carbocycles. The average molecular weight is 195 g/mol. The van der Waals surface area contributed by atoms with Crippen LogP contribution in [0.3, 0.4) is 0 Å². The van der Waals surface area contributed by atoms with Crippen molar-refractivity contribution in [3.63, 3.8) is 0 Å². The zero-order valence-electron chi connectivity index (χ0n) is 8.39. The number of rotatable bonds is 2. The third-order valence-corrected chi connectivity index (χ3v) is 2.00. The Hall–Kier alpha value is -0.220. The molecule has 0 bridgehead atoms. The lowest BCUT2D eigenvalue weighted by Gasteiger charge is -2.30. The molecule has 2 nitrogen and oxygen atoms in total. The van der Waals surface area contributed by atoms with Crippen LogP contribution in [-0.2, 0) is 0 Å². The molecule has 13 heavy (non-hydrogen) atoms. The number of nitrogens with zero attached hydrogens (tertiary/aromatic N) is 1. The fourth-order valence-electron chi connectivity index (χ4n) is 1.25. The van der Waals surface area contributed by atoms with E-state index in [0.29, 0.717) is 19.6 Å². The van der Waals surface area contributed by atoms with E-state index in [1.807, 2.05) is 18.7 Å². The predicted molar refractivity (Wildman–Crippen MR) is 49.1 cm³/mol. The molecule has 1 rings (SSSR count). The van der Waals surface area contributed by atoms with E-state index in [0.717, 1.165) is 0 Å². The van der Waals surface area contributed by atoms with Crippen LogP contribution >= 0.6 is 0 Å². The molecule has 4 heteroatoms. The van der Waals surface area contributed by atoms with Gasteiger partial charge in [0.2, 0.25) is 0 Å². The van der Waals surface area contributed by atoms with Gasteiger partial charge in [0, 0.05) is 32.5 Å². The first-order valence-corrected chi connectivity index (χ1v) is 4.85. The Balaban J connectivity index is 0.000000671. The number of aliphatic hydroxyl groups is 1. The lowest BCUT2D eigenvalue weighted by atomic mass is 10.1. The molecule has 0 aromatic carbocycles.